The Kier molecular flexibility index (Phi) is 3.59. The number of fused-ring (bicyclic) bond motifs is 1. The summed E-state index contributed by atoms with van der Waals surface area (Å²) in [7, 11) is 0. The Morgan fingerprint density at radius 1 is 0.706 bits per heavy atom. The van der Waals surface area contributed by atoms with Crippen LogP contribution in [-0.4, -0.2) is 9.97 Å². The van der Waals surface area contributed by atoms with Gasteiger partial charge in [0.15, 0.2) is 0 Å². The highest BCUT2D eigenvalue weighted by molar-refractivity contribution is 6.08. The van der Waals surface area contributed by atoms with Crippen molar-refractivity contribution < 1.29 is 0 Å². The zero-order chi connectivity index (χ0) is 22.2. The average Bonchev–Trinajstić information content (AvgIpc) is 3.29. The second-order valence-electron chi connectivity index (χ2n) is 9.69. The van der Waals surface area contributed by atoms with Gasteiger partial charge in [-0.3, -0.25) is 0 Å². The predicted octanol–water partition coefficient (Wildman–Crippen LogP) is 8.09. The van der Waals surface area contributed by atoms with E-state index in [1.165, 1.54) is 60.6 Å². The lowest BCUT2D eigenvalue weighted by Gasteiger charge is -2.20. The maximum atomic E-state index is 5.25. The molecule has 9 rings (SSSR count). The number of aromatic nitrogens is 2. The van der Waals surface area contributed by atoms with Crippen LogP contribution in [0.2, 0.25) is 0 Å². The van der Waals surface area contributed by atoms with Crippen molar-refractivity contribution in [3.05, 3.63) is 107 Å². The molecule has 0 unspecified atom stereocenters. The van der Waals surface area contributed by atoms with Crippen molar-refractivity contribution in [3.63, 3.8) is 0 Å². The molecule has 0 amide bonds. The van der Waals surface area contributed by atoms with E-state index in [2.05, 4.69) is 96.0 Å². The van der Waals surface area contributed by atoms with E-state index in [0.717, 1.165) is 36.0 Å². The Bertz CT molecular complexity index is 1830. The summed E-state index contributed by atoms with van der Waals surface area (Å²) < 4.78 is 0. The number of rotatable bonds is 0. The van der Waals surface area contributed by atoms with Gasteiger partial charge in [0.1, 0.15) is 0 Å². The second kappa shape index (κ2) is 6.68. The first-order valence-electron chi connectivity index (χ1n) is 12.1. The number of para-hydroxylation sites is 1. The third kappa shape index (κ3) is 2.60. The van der Waals surface area contributed by atoms with Crippen LogP contribution in [0.1, 0.15) is 23.2 Å². The normalized spacial score (nSPS) is 14.3. The van der Waals surface area contributed by atoms with Crippen LogP contribution in [0.3, 0.4) is 0 Å². The number of aromatic amines is 1. The molecule has 4 aromatic carbocycles. The molecule has 3 aliphatic rings. The molecule has 0 saturated carbocycles. The maximum absolute atomic E-state index is 5.25. The van der Waals surface area contributed by atoms with Gasteiger partial charge in [0.25, 0.3) is 0 Å². The van der Waals surface area contributed by atoms with E-state index in [-0.39, 0.29) is 0 Å². The number of hydrogen-bond donors (Lipinski definition) is 1. The van der Waals surface area contributed by atoms with Crippen molar-refractivity contribution in [2.75, 3.05) is 0 Å². The van der Waals surface area contributed by atoms with E-state index in [1.807, 2.05) is 0 Å². The third-order valence-corrected chi connectivity index (χ3v) is 7.66. The summed E-state index contributed by atoms with van der Waals surface area (Å²) in [6.07, 6.45) is 5.56. The van der Waals surface area contributed by atoms with Crippen LogP contribution in [-0.2, 0) is 12.8 Å². The molecule has 0 radical (unpaired) electrons. The van der Waals surface area contributed by atoms with Gasteiger partial charge in [0, 0.05) is 33.8 Å². The summed E-state index contributed by atoms with van der Waals surface area (Å²) in [5.74, 6) is 0. The molecule has 2 aromatic heterocycles. The van der Waals surface area contributed by atoms with E-state index in [1.54, 1.807) is 0 Å². The lowest BCUT2D eigenvalue weighted by molar-refractivity contribution is 0.881. The largest absolute Gasteiger partial charge is 0.358 e. The van der Waals surface area contributed by atoms with E-state index < -0.39 is 0 Å². The molecular formula is C32H22N2. The summed E-state index contributed by atoms with van der Waals surface area (Å²) in [6.45, 7) is 0. The quantitative estimate of drug-likeness (QED) is 0.240. The number of nitrogens with zero attached hydrogens (tertiary/aromatic N) is 1. The van der Waals surface area contributed by atoms with Gasteiger partial charge in [-0.25, -0.2) is 4.98 Å². The van der Waals surface area contributed by atoms with Gasteiger partial charge >= 0.3 is 0 Å². The number of nitrogens with one attached hydrogen (secondary N) is 1. The second-order valence-corrected chi connectivity index (χ2v) is 9.69. The number of benzene rings is 4. The van der Waals surface area contributed by atoms with Crippen LogP contribution < -0.4 is 0 Å². The van der Waals surface area contributed by atoms with E-state index >= 15 is 0 Å². The molecule has 2 heteroatoms. The maximum Gasteiger partial charge on any atom is 0.0788 e. The first-order chi connectivity index (χ1) is 16.8. The highest BCUT2D eigenvalue weighted by Crippen LogP contribution is 2.38. The van der Waals surface area contributed by atoms with E-state index in [0.29, 0.717) is 0 Å². The summed E-state index contributed by atoms with van der Waals surface area (Å²) in [5, 5.41) is 4.87. The molecule has 2 aliphatic heterocycles. The average molecular weight is 435 g/mol. The van der Waals surface area contributed by atoms with E-state index in [4.69, 9.17) is 4.98 Å². The van der Waals surface area contributed by atoms with Crippen molar-refractivity contribution in [1.82, 2.24) is 9.97 Å². The zero-order valence-corrected chi connectivity index (χ0v) is 18.7. The van der Waals surface area contributed by atoms with Crippen molar-refractivity contribution in [1.29, 1.82) is 0 Å². The molecule has 2 nitrogen and oxygen atoms in total. The summed E-state index contributed by atoms with van der Waals surface area (Å²) >= 11 is 0. The van der Waals surface area contributed by atoms with Crippen molar-refractivity contribution in [3.8, 4) is 22.4 Å². The Labute approximate surface area is 197 Å². The van der Waals surface area contributed by atoms with Crippen molar-refractivity contribution in [2.45, 2.75) is 19.3 Å². The zero-order valence-electron chi connectivity index (χ0n) is 18.7. The molecule has 1 N–H and O–H groups in total. The molecule has 34 heavy (non-hydrogen) atoms. The molecule has 0 spiro atoms. The van der Waals surface area contributed by atoms with Gasteiger partial charge in [0.2, 0.25) is 0 Å². The van der Waals surface area contributed by atoms with Crippen LogP contribution in [0.5, 0.6) is 0 Å². The first kappa shape index (κ1) is 18.3. The SMILES string of the molecule is C1=C2CCc3c1cccc3-c1ccc3ccc4ccc(nc4c3c1)-c1cccc3cc([nH]c13)C2. The molecule has 0 atom stereocenters. The monoisotopic (exact) mass is 434 g/mol. The Morgan fingerprint density at radius 3 is 2.56 bits per heavy atom. The summed E-state index contributed by atoms with van der Waals surface area (Å²) in [4.78, 5) is 8.99. The minimum absolute atomic E-state index is 0.957. The fraction of sp³-hybridized carbons (Fsp3) is 0.0938. The number of H-pyrrole nitrogens is 1. The lowest BCUT2D eigenvalue weighted by Crippen LogP contribution is -2.04. The molecule has 6 aromatic rings. The topological polar surface area (TPSA) is 28.7 Å². The van der Waals surface area contributed by atoms with Crippen molar-refractivity contribution >= 4 is 38.7 Å². The molecule has 0 fully saturated rings. The molecule has 4 heterocycles. The predicted molar refractivity (Wildman–Crippen MR) is 142 cm³/mol. The minimum Gasteiger partial charge on any atom is -0.358 e. The molecule has 160 valence electrons. The van der Waals surface area contributed by atoms with Gasteiger partial charge in [-0.1, -0.05) is 78.4 Å². The third-order valence-electron chi connectivity index (χ3n) is 7.66. The van der Waals surface area contributed by atoms with Crippen LogP contribution >= 0.6 is 0 Å². The molecule has 1 aliphatic carbocycles. The smallest absolute Gasteiger partial charge is 0.0788 e. The van der Waals surface area contributed by atoms with Crippen LogP contribution in [0.4, 0.5) is 0 Å². The number of hydrogen-bond acceptors (Lipinski definition) is 1. The van der Waals surface area contributed by atoms with Gasteiger partial charge in [-0.2, -0.15) is 0 Å². The standard InChI is InChI=1S/C32H22N2/c1-3-22-15-19-7-13-27(22)26(5-1)23-11-9-20-8-10-21-12-14-30(34-31(21)29(20)18-23)28-6-2-4-24-17-25(16-19)33-32(24)28/h1-6,8-12,14-15,17-18,33H,7,13,16H2. The summed E-state index contributed by atoms with van der Waals surface area (Å²) in [5.41, 5.74) is 12.6. The number of pyridine rings is 1. The fourth-order valence-corrected chi connectivity index (χ4v) is 6.00. The minimum atomic E-state index is 0.957. The summed E-state index contributed by atoms with van der Waals surface area (Å²) in [6, 6.07) is 31.3. The molecule has 10 bridgehead atoms. The van der Waals surface area contributed by atoms with Gasteiger partial charge in [-0.05, 0) is 58.7 Å². The van der Waals surface area contributed by atoms with Crippen LogP contribution in [0.25, 0.3) is 61.0 Å². The van der Waals surface area contributed by atoms with Gasteiger partial charge in [-0.15, -0.1) is 0 Å². The highest BCUT2D eigenvalue weighted by atomic mass is 14.7. The molecular weight excluding hydrogens is 412 g/mol. The van der Waals surface area contributed by atoms with Gasteiger partial charge in [0.05, 0.1) is 16.7 Å². The van der Waals surface area contributed by atoms with Gasteiger partial charge < -0.3 is 4.98 Å². The number of allylic oxidation sites excluding steroid dienone is 1. The Hall–Kier alpha value is -4.17. The first-order valence-corrected chi connectivity index (χ1v) is 12.1. The van der Waals surface area contributed by atoms with Crippen LogP contribution in [0.15, 0.2) is 90.5 Å². The molecule has 0 saturated heterocycles. The highest BCUT2D eigenvalue weighted by Gasteiger charge is 2.18. The Balaban J connectivity index is 1.53. The lowest BCUT2D eigenvalue weighted by atomic mass is 9.85. The van der Waals surface area contributed by atoms with Crippen molar-refractivity contribution in [2.24, 2.45) is 0 Å². The van der Waals surface area contributed by atoms with Crippen LogP contribution in [0, 0.1) is 0 Å². The van der Waals surface area contributed by atoms with E-state index in [9.17, 15) is 0 Å². The fourth-order valence-electron chi connectivity index (χ4n) is 6.00. The Morgan fingerprint density at radius 2 is 1.56 bits per heavy atom.